The number of halogens is 3. The van der Waals surface area contributed by atoms with Crippen molar-refractivity contribution >= 4 is 22.9 Å². The third-order valence-corrected chi connectivity index (χ3v) is 5.79. The van der Waals surface area contributed by atoms with Crippen molar-refractivity contribution in [1.29, 1.82) is 0 Å². The molecule has 5 heteroatoms. The second-order valence-corrected chi connectivity index (χ2v) is 7.15. The molecular formula is C19H16F3NS. The number of alkyl halides is 3. The van der Waals surface area contributed by atoms with Crippen molar-refractivity contribution in [2.24, 2.45) is 0 Å². The summed E-state index contributed by atoms with van der Waals surface area (Å²) in [5.41, 5.74) is 3.51. The maximum Gasteiger partial charge on any atom is 0.416 e. The first kappa shape index (κ1) is 15.8. The zero-order valence-electron chi connectivity index (χ0n) is 13.2. The van der Waals surface area contributed by atoms with Crippen molar-refractivity contribution < 1.29 is 13.2 Å². The number of fused-ring (bicyclic) bond motifs is 4. The van der Waals surface area contributed by atoms with Crippen molar-refractivity contribution in [2.45, 2.75) is 22.9 Å². The van der Waals surface area contributed by atoms with Gasteiger partial charge in [-0.15, -0.1) is 0 Å². The van der Waals surface area contributed by atoms with Gasteiger partial charge in [-0.05, 0) is 53.1 Å². The molecule has 2 aliphatic rings. The highest BCUT2D eigenvalue weighted by molar-refractivity contribution is 7.99. The van der Waals surface area contributed by atoms with Crippen LogP contribution in [0, 0.1) is 0 Å². The second kappa shape index (κ2) is 5.67. The van der Waals surface area contributed by atoms with Crippen LogP contribution in [0.5, 0.6) is 0 Å². The summed E-state index contributed by atoms with van der Waals surface area (Å²) in [5, 5.41) is 0. The molecule has 2 heterocycles. The van der Waals surface area contributed by atoms with E-state index < -0.39 is 11.7 Å². The summed E-state index contributed by atoms with van der Waals surface area (Å²) in [6.45, 7) is 4.46. The predicted molar refractivity (Wildman–Crippen MR) is 90.9 cm³/mol. The normalized spacial score (nSPS) is 17.3. The lowest BCUT2D eigenvalue weighted by Gasteiger charge is -2.16. The molecule has 2 aliphatic heterocycles. The van der Waals surface area contributed by atoms with Gasteiger partial charge in [-0.1, -0.05) is 36.9 Å². The van der Waals surface area contributed by atoms with Crippen LogP contribution in [0.2, 0.25) is 0 Å². The third kappa shape index (κ3) is 2.56. The Morgan fingerprint density at radius 1 is 0.958 bits per heavy atom. The van der Waals surface area contributed by atoms with Crippen LogP contribution in [0.4, 0.5) is 13.2 Å². The molecule has 24 heavy (non-hydrogen) atoms. The molecule has 0 spiro atoms. The van der Waals surface area contributed by atoms with Crippen molar-refractivity contribution in [3.8, 4) is 0 Å². The zero-order chi connectivity index (χ0) is 16.9. The van der Waals surface area contributed by atoms with Crippen LogP contribution in [0.25, 0.3) is 11.1 Å². The lowest BCUT2D eigenvalue weighted by atomic mass is 9.96. The molecule has 1 nitrogen and oxygen atoms in total. The van der Waals surface area contributed by atoms with Gasteiger partial charge in [0.25, 0.3) is 0 Å². The highest BCUT2D eigenvalue weighted by Gasteiger charge is 2.34. The summed E-state index contributed by atoms with van der Waals surface area (Å²) in [7, 11) is 0. The number of rotatable bonds is 1. The molecule has 0 fully saturated rings. The van der Waals surface area contributed by atoms with Crippen LogP contribution < -0.4 is 0 Å². The summed E-state index contributed by atoms with van der Waals surface area (Å²) in [4.78, 5) is 4.28. The second-order valence-electron chi connectivity index (χ2n) is 6.07. The van der Waals surface area contributed by atoms with Gasteiger partial charge >= 0.3 is 6.18 Å². The Kier molecular flexibility index (Phi) is 3.73. The summed E-state index contributed by atoms with van der Waals surface area (Å²) >= 11 is 1.56. The summed E-state index contributed by atoms with van der Waals surface area (Å²) in [6.07, 6.45) is -4.32. The molecule has 2 aromatic rings. The maximum atomic E-state index is 13.2. The van der Waals surface area contributed by atoms with Gasteiger partial charge in [0, 0.05) is 22.9 Å². The van der Waals surface area contributed by atoms with Crippen molar-refractivity contribution in [2.75, 3.05) is 19.6 Å². The molecule has 0 bridgehead atoms. The molecule has 4 rings (SSSR count). The molecule has 2 aromatic carbocycles. The van der Waals surface area contributed by atoms with Crippen molar-refractivity contribution in [1.82, 2.24) is 4.90 Å². The zero-order valence-corrected chi connectivity index (χ0v) is 14.0. The largest absolute Gasteiger partial charge is 0.416 e. The lowest BCUT2D eigenvalue weighted by molar-refractivity contribution is -0.137. The highest BCUT2D eigenvalue weighted by atomic mass is 32.2. The summed E-state index contributed by atoms with van der Waals surface area (Å²) in [6, 6.07) is 12.2. The monoisotopic (exact) mass is 347 g/mol. The van der Waals surface area contributed by atoms with Gasteiger partial charge in [0.15, 0.2) is 0 Å². The molecule has 0 atom stereocenters. The van der Waals surface area contributed by atoms with Gasteiger partial charge in [-0.2, -0.15) is 13.2 Å². The van der Waals surface area contributed by atoms with Crippen LogP contribution in [0.3, 0.4) is 0 Å². The highest BCUT2D eigenvalue weighted by Crippen LogP contribution is 2.47. The Morgan fingerprint density at radius 2 is 1.62 bits per heavy atom. The SMILES string of the molecule is CCN1CC2=C(C1)c1cc(C(F)(F)F)ccc1Sc1ccccc12. The van der Waals surface area contributed by atoms with Gasteiger partial charge < -0.3 is 0 Å². The molecule has 0 amide bonds. The Labute approximate surface area is 143 Å². The van der Waals surface area contributed by atoms with Crippen molar-refractivity contribution in [3.05, 3.63) is 59.2 Å². The van der Waals surface area contributed by atoms with E-state index in [0.29, 0.717) is 6.54 Å². The first-order chi connectivity index (χ1) is 11.5. The van der Waals surface area contributed by atoms with Crippen LogP contribution in [-0.4, -0.2) is 24.5 Å². The van der Waals surface area contributed by atoms with Gasteiger partial charge in [0.1, 0.15) is 0 Å². The van der Waals surface area contributed by atoms with E-state index in [1.165, 1.54) is 12.1 Å². The van der Waals surface area contributed by atoms with E-state index in [1.54, 1.807) is 17.8 Å². The molecule has 0 radical (unpaired) electrons. The number of likely N-dealkylation sites (N-methyl/N-ethyl adjacent to an activating group) is 1. The minimum Gasteiger partial charge on any atom is -0.295 e. The molecule has 124 valence electrons. The third-order valence-electron chi connectivity index (χ3n) is 4.64. The minimum atomic E-state index is -4.32. The summed E-state index contributed by atoms with van der Waals surface area (Å²) in [5.74, 6) is 0. The average molecular weight is 347 g/mol. The van der Waals surface area contributed by atoms with E-state index >= 15 is 0 Å². The topological polar surface area (TPSA) is 3.24 Å². The van der Waals surface area contributed by atoms with Crippen LogP contribution in [0.1, 0.15) is 23.6 Å². The molecule has 0 saturated heterocycles. The molecule has 0 aromatic heterocycles. The van der Waals surface area contributed by atoms with Gasteiger partial charge in [-0.25, -0.2) is 0 Å². The Bertz CT molecular complexity index is 839. The van der Waals surface area contributed by atoms with Crippen LogP contribution in [0.15, 0.2) is 52.3 Å². The average Bonchev–Trinajstić information content (AvgIpc) is 2.94. The molecular weight excluding hydrogens is 331 g/mol. The first-order valence-corrected chi connectivity index (χ1v) is 8.72. The van der Waals surface area contributed by atoms with Gasteiger partial charge in [0.2, 0.25) is 0 Å². The van der Waals surface area contributed by atoms with Crippen LogP contribution >= 0.6 is 11.8 Å². The number of benzene rings is 2. The maximum absolute atomic E-state index is 13.2. The predicted octanol–water partition coefficient (Wildman–Crippen LogP) is 5.42. The van der Waals surface area contributed by atoms with E-state index in [0.717, 1.165) is 45.2 Å². The standard InChI is InChI=1S/C19H16F3NS/c1-2-23-10-15-13-5-3-4-6-17(13)24-18-8-7-12(19(20,21)22)9-14(18)16(15)11-23/h3-9H,2,10-11H2,1H3. The molecule has 0 N–H and O–H groups in total. The molecule has 0 unspecified atom stereocenters. The minimum absolute atomic E-state index is 0.574. The van der Waals surface area contributed by atoms with Crippen LogP contribution in [-0.2, 0) is 6.18 Å². The van der Waals surface area contributed by atoms with E-state index in [-0.39, 0.29) is 0 Å². The molecule has 0 aliphatic carbocycles. The number of hydrogen-bond acceptors (Lipinski definition) is 2. The number of nitrogens with zero attached hydrogens (tertiary/aromatic N) is 1. The quantitative estimate of drug-likeness (QED) is 0.678. The van der Waals surface area contributed by atoms with Gasteiger partial charge in [0.05, 0.1) is 5.56 Å². The Morgan fingerprint density at radius 3 is 2.33 bits per heavy atom. The Hall–Kier alpha value is -1.72. The fourth-order valence-electron chi connectivity index (χ4n) is 3.37. The lowest BCUT2D eigenvalue weighted by Crippen LogP contribution is -2.20. The smallest absolute Gasteiger partial charge is 0.295 e. The Balaban J connectivity index is 1.94. The van der Waals surface area contributed by atoms with Gasteiger partial charge in [-0.3, -0.25) is 4.90 Å². The van der Waals surface area contributed by atoms with E-state index in [9.17, 15) is 13.2 Å². The van der Waals surface area contributed by atoms with E-state index in [1.807, 2.05) is 18.2 Å². The fraction of sp³-hybridized carbons (Fsp3) is 0.263. The van der Waals surface area contributed by atoms with E-state index in [2.05, 4.69) is 17.9 Å². The first-order valence-electron chi connectivity index (χ1n) is 7.90. The fourth-order valence-corrected chi connectivity index (χ4v) is 4.48. The summed E-state index contributed by atoms with van der Waals surface area (Å²) < 4.78 is 39.5. The van der Waals surface area contributed by atoms with Crippen molar-refractivity contribution in [3.63, 3.8) is 0 Å². The number of hydrogen-bond donors (Lipinski definition) is 0. The molecule has 0 saturated carbocycles. The van der Waals surface area contributed by atoms with E-state index in [4.69, 9.17) is 0 Å².